The zero-order chi connectivity index (χ0) is 14.4. The summed E-state index contributed by atoms with van der Waals surface area (Å²) in [6.45, 7) is 4.87. The van der Waals surface area contributed by atoms with Crippen LogP contribution in [0.25, 0.3) is 0 Å². The lowest BCUT2D eigenvalue weighted by molar-refractivity contribution is 0.109. The molecule has 0 aliphatic carbocycles. The van der Waals surface area contributed by atoms with Crippen LogP contribution in [-0.4, -0.2) is 23.8 Å². The number of hydrogen-bond acceptors (Lipinski definition) is 5. The van der Waals surface area contributed by atoms with Crippen LogP contribution in [0, 0.1) is 0 Å². The van der Waals surface area contributed by atoms with Crippen molar-refractivity contribution >= 4 is 0 Å². The number of methoxy groups -OCH3 is 1. The van der Waals surface area contributed by atoms with Crippen LogP contribution in [0.1, 0.15) is 43.3 Å². The molecule has 20 heavy (non-hydrogen) atoms. The highest BCUT2D eigenvalue weighted by atomic mass is 16.5. The number of aromatic nitrogens is 2. The van der Waals surface area contributed by atoms with Crippen molar-refractivity contribution in [1.82, 2.24) is 15.5 Å². The van der Waals surface area contributed by atoms with E-state index in [0.717, 1.165) is 6.54 Å². The normalized spacial score (nSPS) is 14.2. The molecule has 0 bridgehead atoms. The summed E-state index contributed by atoms with van der Waals surface area (Å²) in [7, 11) is 1.63. The highest BCUT2D eigenvalue weighted by molar-refractivity contribution is 5.19. The number of likely N-dealkylation sites (N-methyl/N-ethyl adjacent to an activating group) is 1. The van der Waals surface area contributed by atoms with Gasteiger partial charge in [0.2, 0.25) is 5.89 Å². The molecule has 0 spiro atoms. The van der Waals surface area contributed by atoms with Crippen LogP contribution in [0.4, 0.5) is 0 Å². The standard InChI is InChI=1S/C15H21N3O2/c1-4-16-13(12-8-6-5-7-9-12)10-14-17-15(18-20-14)11(2)19-3/h5-9,11,13,16H,4,10H2,1-3H3. The summed E-state index contributed by atoms with van der Waals surface area (Å²) >= 11 is 0. The molecule has 2 aromatic rings. The third-order valence-corrected chi connectivity index (χ3v) is 3.23. The Labute approximate surface area is 119 Å². The lowest BCUT2D eigenvalue weighted by Gasteiger charge is -2.16. The van der Waals surface area contributed by atoms with E-state index in [4.69, 9.17) is 9.26 Å². The first kappa shape index (κ1) is 14.7. The minimum atomic E-state index is -0.151. The molecular formula is C15H21N3O2. The summed E-state index contributed by atoms with van der Waals surface area (Å²) in [6.07, 6.45) is 0.517. The smallest absolute Gasteiger partial charge is 0.228 e. The Hall–Kier alpha value is -1.72. The molecular weight excluding hydrogens is 254 g/mol. The van der Waals surface area contributed by atoms with Gasteiger partial charge in [-0.25, -0.2) is 0 Å². The van der Waals surface area contributed by atoms with Crippen LogP contribution in [0.15, 0.2) is 34.9 Å². The molecule has 0 amide bonds. The highest BCUT2D eigenvalue weighted by Gasteiger charge is 2.17. The largest absolute Gasteiger partial charge is 0.374 e. The first-order chi connectivity index (χ1) is 9.74. The molecule has 2 atom stereocenters. The van der Waals surface area contributed by atoms with E-state index >= 15 is 0 Å². The predicted molar refractivity (Wildman–Crippen MR) is 76.3 cm³/mol. The van der Waals surface area contributed by atoms with E-state index in [1.807, 2.05) is 25.1 Å². The number of hydrogen-bond donors (Lipinski definition) is 1. The third kappa shape index (κ3) is 3.65. The maximum Gasteiger partial charge on any atom is 0.228 e. The molecule has 108 valence electrons. The Morgan fingerprint density at radius 1 is 1.30 bits per heavy atom. The molecule has 0 radical (unpaired) electrons. The Morgan fingerprint density at radius 3 is 2.70 bits per heavy atom. The average Bonchev–Trinajstić information content (AvgIpc) is 2.95. The number of benzene rings is 1. The van der Waals surface area contributed by atoms with Gasteiger partial charge in [0.15, 0.2) is 5.82 Å². The van der Waals surface area contributed by atoms with Gasteiger partial charge in [-0.3, -0.25) is 0 Å². The molecule has 5 nitrogen and oxygen atoms in total. The van der Waals surface area contributed by atoms with Crippen molar-refractivity contribution in [2.75, 3.05) is 13.7 Å². The topological polar surface area (TPSA) is 60.2 Å². The molecule has 1 aromatic carbocycles. The Kier molecular flexibility index (Phi) is 5.26. The second-order valence-electron chi connectivity index (χ2n) is 4.65. The molecule has 1 aromatic heterocycles. The van der Waals surface area contributed by atoms with Crippen molar-refractivity contribution in [3.8, 4) is 0 Å². The maximum absolute atomic E-state index is 5.30. The molecule has 0 saturated heterocycles. The van der Waals surface area contributed by atoms with Crippen molar-refractivity contribution in [2.45, 2.75) is 32.4 Å². The second-order valence-corrected chi connectivity index (χ2v) is 4.65. The minimum absolute atomic E-state index is 0.151. The van der Waals surface area contributed by atoms with Gasteiger partial charge in [-0.2, -0.15) is 4.98 Å². The van der Waals surface area contributed by atoms with Crippen LogP contribution in [-0.2, 0) is 11.2 Å². The van der Waals surface area contributed by atoms with Crippen LogP contribution in [0.5, 0.6) is 0 Å². The quantitative estimate of drug-likeness (QED) is 0.841. The molecule has 1 N–H and O–H groups in total. The van der Waals surface area contributed by atoms with Gasteiger partial charge in [0, 0.05) is 19.6 Å². The first-order valence-corrected chi connectivity index (χ1v) is 6.88. The fourth-order valence-corrected chi connectivity index (χ4v) is 2.04. The monoisotopic (exact) mass is 275 g/mol. The second kappa shape index (κ2) is 7.17. The van der Waals surface area contributed by atoms with E-state index in [2.05, 4.69) is 34.5 Å². The third-order valence-electron chi connectivity index (χ3n) is 3.23. The van der Waals surface area contributed by atoms with E-state index < -0.39 is 0 Å². The zero-order valence-corrected chi connectivity index (χ0v) is 12.2. The van der Waals surface area contributed by atoms with Crippen molar-refractivity contribution in [3.63, 3.8) is 0 Å². The zero-order valence-electron chi connectivity index (χ0n) is 12.2. The van der Waals surface area contributed by atoms with Crippen LogP contribution in [0.2, 0.25) is 0 Å². The minimum Gasteiger partial charge on any atom is -0.374 e. The Balaban J connectivity index is 2.10. The summed E-state index contributed by atoms with van der Waals surface area (Å²) in [5.74, 6) is 1.21. The van der Waals surface area contributed by atoms with Gasteiger partial charge in [-0.15, -0.1) is 0 Å². The molecule has 0 fully saturated rings. The fourth-order valence-electron chi connectivity index (χ4n) is 2.04. The molecule has 1 heterocycles. The summed E-state index contributed by atoms with van der Waals surface area (Å²) in [6, 6.07) is 10.5. The van der Waals surface area contributed by atoms with E-state index in [1.54, 1.807) is 7.11 Å². The summed E-state index contributed by atoms with van der Waals surface area (Å²) < 4.78 is 10.5. The first-order valence-electron chi connectivity index (χ1n) is 6.88. The number of nitrogens with zero attached hydrogens (tertiary/aromatic N) is 2. The van der Waals surface area contributed by atoms with Crippen molar-refractivity contribution in [2.24, 2.45) is 0 Å². The van der Waals surface area contributed by atoms with Gasteiger partial charge in [0.25, 0.3) is 0 Å². The van der Waals surface area contributed by atoms with Gasteiger partial charge in [-0.05, 0) is 19.0 Å². The summed E-state index contributed by atoms with van der Waals surface area (Å²) in [4.78, 5) is 4.39. The lowest BCUT2D eigenvalue weighted by atomic mass is 10.0. The van der Waals surface area contributed by atoms with Gasteiger partial charge in [0.1, 0.15) is 6.10 Å². The Bertz CT molecular complexity index is 513. The number of nitrogens with one attached hydrogen (secondary N) is 1. The van der Waals surface area contributed by atoms with Crippen LogP contribution in [0.3, 0.4) is 0 Å². The molecule has 0 saturated carbocycles. The van der Waals surface area contributed by atoms with Crippen molar-refractivity contribution in [3.05, 3.63) is 47.6 Å². The van der Waals surface area contributed by atoms with E-state index in [1.165, 1.54) is 5.56 Å². The van der Waals surface area contributed by atoms with Crippen molar-refractivity contribution in [1.29, 1.82) is 0 Å². The fraction of sp³-hybridized carbons (Fsp3) is 0.467. The Morgan fingerprint density at radius 2 is 2.05 bits per heavy atom. The van der Waals surface area contributed by atoms with E-state index in [0.29, 0.717) is 18.1 Å². The summed E-state index contributed by atoms with van der Waals surface area (Å²) in [5, 5.41) is 7.40. The summed E-state index contributed by atoms with van der Waals surface area (Å²) in [5.41, 5.74) is 1.22. The van der Waals surface area contributed by atoms with Crippen LogP contribution >= 0.6 is 0 Å². The van der Waals surface area contributed by atoms with Gasteiger partial charge < -0.3 is 14.6 Å². The SMILES string of the molecule is CCNC(Cc1nc(C(C)OC)no1)c1ccccc1. The van der Waals surface area contributed by atoms with Gasteiger partial charge in [-0.1, -0.05) is 42.4 Å². The predicted octanol–water partition coefficient (Wildman–Crippen LogP) is 2.67. The molecule has 5 heteroatoms. The molecule has 0 aliphatic heterocycles. The lowest BCUT2D eigenvalue weighted by Crippen LogP contribution is -2.23. The maximum atomic E-state index is 5.30. The number of ether oxygens (including phenoxy) is 1. The average molecular weight is 275 g/mol. The van der Waals surface area contributed by atoms with E-state index in [9.17, 15) is 0 Å². The molecule has 2 unspecified atom stereocenters. The van der Waals surface area contributed by atoms with E-state index in [-0.39, 0.29) is 12.1 Å². The van der Waals surface area contributed by atoms with Crippen LogP contribution < -0.4 is 5.32 Å². The molecule has 2 rings (SSSR count). The van der Waals surface area contributed by atoms with Gasteiger partial charge >= 0.3 is 0 Å². The highest BCUT2D eigenvalue weighted by Crippen LogP contribution is 2.19. The number of rotatable bonds is 7. The van der Waals surface area contributed by atoms with Crippen molar-refractivity contribution < 1.29 is 9.26 Å². The molecule has 0 aliphatic rings. The van der Waals surface area contributed by atoms with Gasteiger partial charge in [0.05, 0.1) is 0 Å².